The van der Waals surface area contributed by atoms with E-state index in [9.17, 15) is 18.0 Å². The lowest BCUT2D eigenvalue weighted by Crippen LogP contribution is -2.45. The lowest BCUT2D eigenvalue weighted by atomic mass is 9.95. The van der Waals surface area contributed by atoms with Gasteiger partial charge in [-0.1, -0.05) is 42.5 Å². The summed E-state index contributed by atoms with van der Waals surface area (Å²) in [6.45, 7) is 0.576. The number of nitrogens with one attached hydrogen (secondary N) is 1. The molecule has 5 rings (SSSR count). The maximum atomic E-state index is 13.6. The largest absolute Gasteiger partial charge is 0.419 e. The molecule has 4 aromatic rings. The third kappa shape index (κ3) is 4.65. The van der Waals surface area contributed by atoms with E-state index in [0.29, 0.717) is 25.2 Å². The van der Waals surface area contributed by atoms with E-state index in [0.717, 1.165) is 22.7 Å². The maximum Gasteiger partial charge on any atom is 0.419 e. The second-order valence-corrected chi connectivity index (χ2v) is 9.03. The summed E-state index contributed by atoms with van der Waals surface area (Å²) in [6.07, 6.45) is -1.99. The molecule has 2 aromatic carbocycles. The predicted octanol–water partition coefficient (Wildman–Crippen LogP) is 5.11. The van der Waals surface area contributed by atoms with Gasteiger partial charge in [0.15, 0.2) is 0 Å². The Morgan fingerprint density at radius 3 is 2.56 bits per heavy atom. The summed E-state index contributed by atoms with van der Waals surface area (Å²) in [7, 11) is 1.91. The standard InChI is InChI=1S/C27H26F3N5O/c1-34-22-14-6-5-13-21(22)32-25(34)23(18-9-3-2-4-10-18)33-26(36)19-11-8-16-35(17-19)24-20(27(28,29)30)12-7-15-31-24/h2-7,9-10,12-15,19,23H,8,11,16-17H2,1H3,(H,33,36). The minimum absolute atomic E-state index is 0.127. The number of carbonyl (C=O) groups is 1. The summed E-state index contributed by atoms with van der Waals surface area (Å²) in [5, 5.41) is 3.15. The highest BCUT2D eigenvalue weighted by molar-refractivity contribution is 5.81. The van der Waals surface area contributed by atoms with Crippen LogP contribution in [0.25, 0.3) is 11.0 Å². The molecule has 1 fully saturated rings. The molecule has 186 valence electrons. The molecule has 6 nitrogen and oxygen atoms in total. The molecule has 1 aliphatic heterocycles. The van der Waals surface area contributed by atoms with Gasteiger partial charge in [0.2, 0.25) is 5.91 Å². The van der Waals surface area contributed by atoms with Crippen LogP contribution >= 0.6 is 0 Å². The van der Waals surface area contributed by atoms with Crippen LogP contribution in [0, 0.1) is 5.92 Å². The number of imidazole rings is 1. The van der Waals surface area contributed by atoms with E-state index in [1.807, 2.05) is 66.2 Å². The number of fused-ring (bicyclic) bond motifs is 1. The van der Waals surface area contributed by atoms with Crippen LogP contribution in [0.4, 0.5) is 19.0 Å². The second kappa shape index (κ2) is 9.64. The number of aryl methyl sites for hydroxylation is 1. The number of hydrogen-bond donors (Lipinski definition) is 1. The molecule has 0 bridgehead atoms. The Bertz CT molecular complexity index is 1370. The van der Waals surface area contributed by atoms with Gasteiger partial charge in [-0.25, -0.2) is 9.97 Å². The lowest BCUT2D eigenvalue weighted by Gasteiger charge is -2.34. The predicted molar refractivity (Wildman–Crippen MR) is 131 cm³/mol. The highest BCUT2D eigenvalue weighted by Crippen LogP contribution is 2.36. The molecule has 36 heavy (non-hydrogen) atoms. The Morgan fingerprint density at radius 1 is 1.06 bits per heavy atom. The lowest BCUT2D eigenvalue weighted by molar-refractivity contribution is -0.137. The smallest absolute Gasteiger partial charge is 0.355 e. The Labute approximate surface area is 206 Å². The summed E-state index contributed by atoms with van der Waals surface area (Å²) in [6, 6.07) is 19.1. The van der Waals surface area contributed by atoms with Crippen molar-refractivity contribution in [3.63, 3.8) is 0 Å². The Hall–Kier alpha value is -3.88. The monoisotopic (exact) mass is 493 g/mol. The van der Waals surface area contributed by atoms with E-state index in [2.05, 4.69) is 10.3 Å². The summed E-state index contributed by atoms with van der Waals surface area (Å²) >= 11 is 0. The first-order valence-electron chi connectivity index (χ1n) is 11.9. The SMILES string of the molecule is Cn1c(C(NC(=O)C2CCCN(c3ncccc3C(F)(F)F)C2)c2ccccc2)nc2ccccc21. The fraction of sp³-hybridized carbons (Fsp3) is 0.296. The molecule has 0 saturated carbocycles. The molecule has 0 radical (unpaired) electrons. The first kappa shape index (κ1) is 23.8. The molecule has 2 atom stereocenters. The molecule has 0 aliphatic carbocycles. The zero-order valence-corrected chi connectivity index (χ0v) is 19.7. The Kier molecular flexibility index (Phi) is 6.38. The number of aromatic nitrogens is 3. The van der Waals surface area contributed by atoms with Crippen molar-refractivity contribution in [2.45, 2.75) is 25.1 Å². The van der Waals surface area contributed by atoms with Crippen molar-refractivity contribution < 1.29 is 18.0 Å². The summed E-state index contributed by atoms with van der Waals surface area (Å²) in [5.41, 5.74) is 1.86. The molecule has 1 saturated heterocycles. The topological polar surface area (TPSA) is 63.1 Å². The van der Waals surface area contributed by atoms with E-state index < -0.39 is 23.7 Å². The van der Waals surface area contributed by atoms with E-state index >= 15 is 0 Å². The van der Waals surface area contributed by atoms with Crippen LogP contribution in [0.2, 0.25) is 0 Å². The average molecular weight is 494 g/mol. The summed E-state index contributed by atoms with van der Waals surface area (Å²) in [5.74, 6) is -0.141. The first-order chi connectivity index (χ1) is 17.3. The van der Waals surface area contributed by atoms with Gasteiger partial charge in [0.1, 0.15) is 17.7 Å². The Balaban J connectivity index is 1.42. The zero-order chi connectivity index (χ0) is 25.3. The third-order valence-electron chi connectivity index (χ3n) is 6.68. The molecule has 3 heterocycles. The van der Waals surface area contributed by atoms with Crippen LogP contribution in [0.15, 0.2) is 72.9 Å². The van der Waals surface area contributed by atoms with Gasteiger partial charge in [-0.3, -0.25) is 4.79 Å². The molecular weight excluding hydrogens is 467 g/mol. The van der Waals surface area contributed by atoms with Gasteiger partial charge in [-0.15, -0.1) is 0 Å². The number of anilines is 1. The number of para-hydroxylation sites is 2. The number of nitrogens with zero attached hydrogens (tertiary/aromatic N) is 4. The number of amides is 1. The van der Waals surface area contributed by atoms with Crippen LogP contribution in [-0.2, 0) is 18.0 Å². The Morgan fingerprint density at radius 2 is 1.81 bits per heavy atom. The van der Waals surface area contributed by atoms with Crippen molar-refractivity contribution in [1.82, 2.24) is 19.9 Å². The van der Waals surface area contributed by atoms with Crippen LogP contribution < -0.4 is 10.2 Å². The quantitative estimate of drug-likeness (QED) is 0.420. The number of carbonyl (C=O) groups excluding carboxylic acids is 1. The molecule has 9 heteroatoms. The van der Waals surface area contributed by atoms with Gasteiger partial charge >= 0.3 is 6.18 Å². The number of halogens is 3. The summed E-state index contributed by atoms with van der Waals surface area (Å²) in [4.78, 5) is 23.9. The number of hydrogen-bond acceptors (Lipinski definition) is 4. The van der Waals surface area contributed by atoms with Gasteiger partial charge in [0.25, 0.3) is 0 Å². The van der Waals surface area contributed by atoms with E-state index in [1.165, 1.54) is 12.3 Å². The molecular formula is C27H26F3N5O. The molecule has 1 amide bonds. The van der Waals surface area contributed by atoms with Gasteiger partial charge in [0, 0.05) is 26.3 Å². The van der Waals surface area contributed by atoms with Gasteiger partial charge in [-0.2, -0.15) is 13.2 Å². The second-order valence-electron chi connectivity index (χ2n) is 9.03. The third-order valence-corrected chi connectivity index (χ3v) is 6.68. The van der Waals surface area contributed by atoms with Crippen molar-refractivity contribution in [3.05, 3.63) is 89.9 Å². The van der Waals surface area contributed by atoms with Crippen LogP contribution in [0.5, 0.6) is 0 Å². The number of rotatable bonds is 5. The molecule has 2 aromatic heterocycles. The number of piperidine rings is 1. The van der Waals surface area contributed by atoms with Crippen LogP contribution in [0.3, 0.4) is 0 Å². The van der Waals surface area contributed by atoms with Crippen molar-refractivity contribution in [1.29, 1.82) is 0 Å². The van der Waals surface area contributed by atoms with E-state index in [4.69, 9.17) is 4.98 Å². The highest BCUT2D eigenvalue weighted by atomic mass is 19.4. The van der Waals surface area contributed by atoms with E-state index in [1.54, 1.807) is 4.90 Å². The molecule has 0 spiro atoms. The van der Waals surface area contributed by atoms with Gasteiger partial charge < -0.3 is 14.8 Å². The first-order valence-corrected chi connectivity index (χ1v) is 11.9. The molecule has 1 aliphatic rings. The molecule has 2 unspecified atom stereocenters. The fourth-order valence-electron chi connectivity index (χ4n) is 4.88. The number of pyridine rings is 1. The van der Waals surface area contributed by atoms with Crippen molar-refractivity contribution >= 4 is 22.8 Å². The van der Waals surface area contributed by atoms with Crippen LogP contribution in [0.1, 0.15) is 35.8 Å². The average Bonchev–Trinajstić information content (AvgIpc) is 3.23. The maximum absolute atomic E-state index is 13.6. The van der Waals surface area contributed by atoms with Gasteiger partial charge in [-0.05, 0) is 42.7 Å². The normalized spacial score (nSPS) is 17.2. The number of alkyl halides is 3. The number of benzene rings is 2. The van der Waals surface area contributed by atoms with Crippen molar-refractivity contribution in [2.75, 3.05) is 18.0 Å². The zero-order valence-electron chi connectivity index (χ0n) is 19.7. The van der Waals surface area contributed by atoms with E-state index in [-0.39, 0.29) is 18.3 Å². The molecule has 1 N–H and O–H groups in total. The van der Waals surface area contributed by atoms with Crippen molar-refractivity contribution in [3.8, 4) is 0 Å². The highest BCUT2D eigenvalue weighted by Gasteiger charge is 2.37. The van der Waals surface area contributed by atoms with Crippen LogP contribution in [-0.4, -0.2) is 33.5 Å². The van der Waals surface area contributed by atoms with Crippen molar-refractivity contribution in [2.24, 2.45) is 13.0 Å². The summed E-state index contributed by atoms with van der Waals surface area (Å²) < 4.78 is 42.7. The minimum atomic E-state index is -4.52. The minimum Gasteiger partial charge on any atom is -0.355 e. The fourth-order valence-corrected chi connectivity index (χ4v) is 4.88. The van der Waals surface area contributed by atoms with Gasteiger partial charge in [0.05, 0.1) is 22.5 Å².